The highest BCUT2D eigenvalue weighted by Gasteiger charge is 2.24. The summed E-state index contributed by atoms with van der Waals surface area (Å²) in [6.07, 6.45) is 5.25. The van der Waals surface area contributed by atoms with Crippen LogP contribution in [-0.4, -0.2) is 46.5 Å². The SMILES string of the molecule is CC(C(=O)NCCCNc1ncccn1)N1CCc2ccccc2C1. The smallest absolute Gasteiger partial charge is 0.237 e. The van der Waals surface area contributed by atoms with Gasteiger partial charge >= 0.3 is 0 Å². The lowest BCUT2D eigenvalue weighted by Gasteiger charge is -2.32. The van der Waals surface area contributed by atoms with E-state index in [1.165, 1.54) is 11.1 Å². The van der Waals surface area contributed by atoms with E-state index in [1.807, 2.05) is 6.92 Å². The highest BCUT2D eigenvalue weighted by atomic mass is 16.2. The number of anilines is 1. The van der Waals surface area contributed by atoms with Crippen molar-refractivity contribution < 1.29 is 4.79 Å². The molecule has 6 nitrogen and oxygen atoms in total. The van der Waals surface area contributed by atoms with Crippen LogP contribution in [0.15, 0.2) is 42.7 Å². The molecule has 132 valence electrons. The quantitative estimate of drug-likeness (QED) is 0.753. The predicted octanol–water partition coefficient (Wildman–Crippen LogP) is 1.84. The van der Waals surface area contributed by atoms with Gasteiger partial charge in [-0.1, -0.05) is 24.3 Å². The number of benzene rings is 1. The highest BCUT2D eigenvalue weighted by Crippen LogP contribution is 2.20. The van der Waals surface area contributed by atoms with Crippen molar-refractivity contribution in [2.75, 3.05) is 25.0 Å². The first kappa shape index (κ1) is 17.4. The Kier molecular flexibility index (Phi) is 5.95. The predicted molar refractivity (Wildman–Crippen MR) is 98.2 cm³/mol. The van der Waals surface area contributed by atoms with Crippen molar-refractivity contribution in [3.63, 3.8) is 0 Å². The lowest BCUT2D eigenvalue weighted by Crippen LogP contribution is -2.47. The van der Waals surface area contributed by atoms with Gasteiger partial charge in [-0.3, -0.25) is 9.69 Å². The van der Waals surface area contributed by atoms with E-state index in [0.29, 0.717) is 12.5 Å². The van der Waals surface area contributed by atoms with Crippen molar-refractivity contribution >= 4 is 11.9 Å². The first-order valence-corrected chi connectivity index (χ1v) is 8.83. The zero-order valence-corrected chi connectivity index (χ0v) is 14.6. The van der Waals surface area contributed by atoms with Gasteiger partial charge in [0, 0.05) is 38.6 Å². The number of aromatic nitrogens is 2. The Morgan fingerprint density at radius 2 is 1.92 bits per heavy atom. The van der Waals surface area contributed by atoms with Crippen LogP contribution in [-0.2, 0) is 17.8 Å². The Morgan fingerprint density at radius 3 is 2.72 bits per heavy atom. The monoisotopic (exact) mass is 339 g/mol. The zero-order chi connectivity index (χ0) is 17.5. The normalized spacial score (nSPS) is 15.2. The Hall–Kier alpha value is -2.47. The van der Waals surface area contributed by atoms with Crippen molar-refractivity contribution in [1.29, 1.82) is 0 Å². The van der Waals surface area contributed by atoms with Gasteiger partial charge in [0.05, 0.1) is 6.04 Å². The third-order valence-electron chi connectivity index (χ3n) is 4.59. The van der Waals surface area contributed by atoms with Crippen LogP contribution in [0.25, 0.3) is 0 Å². The van der Waals surface area contributed by atoms with Crippen LogP contribution in [0.3, 0.4) is 0 Å². The maximum atomic E-state index is 12.4. The second-order valence-electron chi connectivity index (χ2n) is 6.31. The van der Waals surface area contributed by atoms with Gasteiger partial charge in [0.1, 0.15) is 0 Å². The molecular formula is C19H25N5O. The van der Waals surface area contributed by atoms with E-state index in [0.717, 1.165) is 32.5 Å². The average Bonchev–Trinajstić information content (AvgIpc) is 2.67. The van der Waals surface area contributed by atoms with E-state index in [9.17, 15) is 4.79 Å². The van der Waals surface area contributed by atoms with Crippen molar-refractivity contribution in [1.82, 2.24) is 20.2 Å². The fourth-order valence-electron chi connectivity index (χ4n) is 3.05. The second kappa shape index (κ2) is 8.58. The van der Waals surface area contributed by atoms with Gasteiger partial charge in [-0.15, -0.1) is 0 Å². The van der Waals surface area contributed by atoms with Gasteiger partial charge in [-0.2, -0.15) is 0 Å². The highest BCUT2D eigenvalue weighted by molar-refractivity contribution is 5.81. The summed E-state index contributed by atoms with van der Waals surface area (Å²) >= 11 is 0. The molecule has 1 aliphatic heterocycles. The maximum absolute atomic E-state index is 12.4. The molecule has 0 aliphatic carbocycles. The fraction of sp³-hybridized carbons (Fsp3) is 0.421. The van der Waals surface area contributed by atoms with Crippen LogP contribution in [0.4, 0.5) is 5.95 Å². The third-order valence-corrected chi connectivity index (χ3v) is 4.59. The Balaban J connectivity index is 1.38. The van der Waals surface area contributed by atoms with Gasteiger partial charge in [0.25, 0.3) is 0 Å². The molecule has 3 rings (SSSR count). The van der Waals surface area contributed by atoms with E-state index < -0.39 is 0 Å². The average molecular weight is 339 g/mol. The molecule has 1 aliphatic rings. The number of carbonyl (C=O) groups is 1. The molecule has 2 heterocycles. The molecule has 1 amide bonds. The molecule has 25 heavy (non-hydrogen) atoms. The molecule has 2 aromatic rings. The van der Waals surface area contributed by atoms with Crippen LogP contribution < -0.4 is 10.6 Å². The summed E-state index contributed by atoms with van der Waals surface area (Å²) in [5.41, 5.74) is 2.74. The standard InChI is InChI=1S/C19H25N5O/c1-15(24-13-8-16-6-2-3-7-17(16)14-24)18(25)20-9-4-10-21-19-22-11-5-12-23-19/h2-3,5-7,11-12,15H,4,8-10,13-14H2,1H3,(H,20,25)(H,21,22,23). The van der Waals surface area contributed by atoms with Crippen LogP contribution in [0.5, 0.6) is 0 Å². The molecule has 0 saturated heterocycles. The van der Waals surface area contributed by atoms with Crippen molar-refractivity contribution in [3.8, 4) is 0 Å². The Labute approximate surface area is 148 Å². The zero-order valence-electron chi connectivity index (χ0n) is 14.6. The van der Waals surface area contributed by atoms with E-state index in [4.69, 9.17) is 0 Å². The summed E-state index contributed by atoms with van der Waals surface area (Å²) in [6, 6.07) is 10.2. The summed E-state index contributed by atoms with van der Waals surface area (Å²) < 4.78 is 0. The van der Waals surface area contributed by atoms with Gasteiger partial charge in [0.2, 0.25) is 11.9 Å². The molecular weight excluding hydrogens is 314 g/mol. The minimum absolute atomic E-state index is 0.0929. The number of fused-ring (bicyclic) bond motifs is 1. The van der Waals surface area contributed by atoms with Gasteiger partial charge in [-0.05, 0) is 37.0 Å². The van der Waals surface area contributed by atoms with Gasteiger partial charge in [-0.25, -0.2) is 9.97 Å². The van der Waals surface area contributed by atoms with Gasteiger partial charge < -0.3 is 10.6 Å². The van der Waals surface area contributed by atoms with Crippen LogP contribution in [0, 0.1) is 0 Å². The molecule has 0 saturated carbocycles. The molecule has 1 atom stereocenters. The fourth-order valence-corrected chi connectivity index (χ4v) is 3.05. The second-order valence-corrected chi connectivity index (χ2v) is 6.31. The largest absolute Gasteiger partial charge is 0.355 e. The number of rotatable bonds is 7. The number of hydrogen-bond donors (Lipinski definition) is 2. The molecule has 1 aromatic carbocycles. The number of nitrogens with one attached hydrogen (secondary N) is 2. The van der Waals surface area contributed by atoms with Crippen LogP contribution in [0.2, 0.25) is 0 Å². The first-order valence-electron chi connectivity index (χ1n) is 8.83. The molecule has 6 heteroatoms. The summed E-state index contributed by atoms with van der Waals surface area (Å²) in [7, 11) is 0. The van der Waals surface area contributed by atoms with E-state index in [1.54, 1.807) is 18.5 Å². The molecule has 0 spiro atoms. The summed E-state index contributed by atoms with van der Waals surface area (Å²) in [6.45, 7) is 5.14. The molecule has 0 bridgehead atoms. The number of hydrogen-bond acceptors (Lipinski definition) is 5. The van der Waals surface area contributed by atoms with Crippen LogP contribution >= 0.6 is 0 Å². The molecule has 1 unspecified atom stereocenters. The minimum Gasteiger partial charge on any atom is -0.355 e. The van der Waals surface area contributed by atoms with Gasteiger partial charge in [0.15, 0.2) is 0 Å². The van der Waals surface area contributed by atoms with E-state index in [-0.39, 0.29) is 11.9 Å². The lowest BCUT2D eigenvalue weighted by molar-refractivity contribution is -0.126. The van der Waals surface area contributed by atoms with Crippen molar-refractivity contribution in [2.45, 2.75) is 32.4 Å². The first-order chi connectivity index (χ1) is 12.2. The molecule has 0 fully saturated rings. The molecule has 1 aromatic heterocycles. The molecule has 2 N–H and O–H groups in total. The van der Waals surface area contributed by atoms with E-state index in [2.05, 4.69) is 49.8 Å². The number of amides is 1. The number of carbonyl (C=O) groups excluding carboxylic acids is 1. The Bertz CT molecular complexity index is 691. The minimum atomic E-state index is -0.112. The Morgan fingerprint density at radius 1 is 1.16 bits per heavy atom. The summed E-state index contributed by atoms with van der Waals surface area (Å²) in [5, 5.41) is 6.17. The lowest BCUT2D eigenvalue weighted by atomic mass is 9.99. The maximum Gasteiger partial charge on any atom is 0.237 e. The summed E-state index contributed by atoms with van der Waals surface area (Å²) in [4.78, 5) is 22.8. The summed E-state index contributed by atoms with van der Waals surface area (Å²) in [5.74, 6) is 0.713. The topological polar surface area (TPSA) is 70.1 Å². The molecule has 0 radical (unpaired) electrons. The van der Waals surface area contributed by atoms with Crippen molar-refractivity contribution in [3.05, 3.63) is 53.9 Å². The van der Waals surface area contributed by atoms with Crippen molar-refractivity contribution in [2.24, 2.45) is 0 Å². The number of nitrogens with zero attached hydrogens (tertiary/aromatic N) is 3. The van der Waals surface area contributed by atoms with Crippen LogP contribution in [0.1, 0.15) is 24.5 Å². The third kappa shape index (κ3) is 4.76. The van der Waals surface area contributed by atoms with E-state index >= 15 is 0 Å².